The molecule has 2 N–H and O–H groups in total. The van der Waals surface area contributed by atoms with Crippen LogP contribution in [0.3, 0.4) is 0 Å². The van der Waals surface area contributed by atoms with Gasteiger partial charge in [0.05, 0.1) is 11.3 Å². The van der Waals surface area contributed by atoms with Crippen molar-refractivity contribution in [2.75, 3.05) is 0 Å². The first-order valence-corrected chi connectivity index (χ1v) is 5.04. The summed E-state index contributed by atoms with van der Waals surface area (Å²) in [5.74, 6) is -1.06. The first kappa shape index (κ1) is 10.6. The van der Waals surface area contributed by atoms with Gasteiger partial charge < -0.3 is 5.11 Å². The van der Waals surface area contributed by atoms with Gasteiger partial charge in [0.15, 0.2) is 0 Å². The van der Waals surface area contributed by atoms with Gasteiger partial charge in [-0.25, -0.2) is 19.3 Å². The molecule has 0 atom stereocenters. The van der Waals surface area contributed by atoms with Crippen molar-refractivity contribution in [1.29, 1.82) is 0 Å². The van der Waals surface area contributed by atoms with E-state index in [4.69, 9.17) is 5.11 Å². The molecule has 0 aliphatic carbocycles. The second-order valence-electron chi connectivity index (χ2n) is 3.00. The third kappa shape index (κ3) is 1.76. The number of aromatic amines is 1. The van der Waals surface area contributed by atoms with Crippen molar-refractivity contribution in [2.45, 2.75) is 0 Å². The highest BCUT2D eigenvalue weighted by molar-refractivity contribution is 9.10. The average Bonchev–Trinajstić information content (AvgIpc) is 2.65. The van der Waals surface area contributed by atoms with Crippen molar-refractivity contribution >= 4 is 21.9 Å². The van der Waals surface area contributed by atoms with Crippen molar-refractivity contribution < 1.29 is 9.90 Å². The molecule has 1 heterocycles. The highest BCUT2D eigenvalue weighted by Crippen LogP contribution is 2.19. The van der Waals surface area contributed by atoms with E-state index in [1.165, 1.54) is 17.0 Å². The Morgan fingerprint density at radius 1 is 1.50 bits per heavy atom. The number of H-pyrrole nitrogens is 1. The van der Waals surface area contributed by atoms with E-state index < -0.39 is 11.7 Å². The van der Waals surface area contributed by atoms with Gasteiger partial charge in [-0.1, -0.05) is 0 Å². The van der Waals surface area contributed by atoms with Crippen molar-refractivity contribution in [2.24, 2.45) is 0 Å². The van der Waals surface area contributed by atoms with Crippen LogP contribution in [0.4, 0.5) is 0 Å². The van der Waals surface area contributed by atoms with E-state index in [2.05, 4.69) is 26.1 Å². The molecule has 7 heteroatoms. The molecular formula is C9H6BrN3O3. The molecule has 2 aromatic rings. The van der Waals surface area contributed by atoms with E-state index in [1.807, 2.05) is 0 Å². The van der Waals surface area contributed by atoms with Crippen molar-refractivity contribution in [3.63, 3.8) is 0 Å². The van der Waals surface area contributed by atoms with Gasteiger partial charge in [-0.2, -0.15) is 5.10 Å². The summed E-state index contributed by atoms with van der Waals surface area (Å²) in [5.41, 5.74) is 0.114. The molecule has 0 fully saturated rings. The zero-order valence-corrected chi connectivity index (χ0v) is 9.43. The lowest BCUT2D eigenvalue weighted by atomic mass is 10.2. The highest BCUT2D eigenvalue weighted by atomic mass is 79.9. The molecule has 82 valence electrons. The Labute approximate surface area is 97.7 Å². The predicted molar refractivity (Wildman–Crippen MR) is 58.8 cm³/mol. The van der Waals surface area contributed by atoms with E-state index in [0.29, 0.717) is 10.2 Å². The number of hydrogen-bond donors (Lipinski definition) is 2. The summed E-state index contributed by atoms with van der Waals surface area (Å²) in [7, 11) is 0. The van der Waals surface area contributed by atoms with Crippen LogP contribution in [0.2, 0.25) is 0 Å². The van der Waals surface area contributed by atoms with Gasteiger partial charge in [0.1, 0.15) is 6.33 Å². The Morgan fingerprint density at radius 3 is 2.81 bits per heavy atom. The summed E-state index contributed by atoms with van der Waals surface area (Å²) < 4.78 is 1.68. The molecule has 0 saturated heterocycles. The average molecular weight is 284 g/mol. The van der Waals surface area contributed by atoms with E-state index in [9.17, 15) is 9.59 Å². The molecule has 0 bridgehead atoms. The molecule has 6 nitrogen and oxygen atoms in total. The summed E-state index contributed by atoms with van der Waals surface area (Å²) >= 11 is 3.12. The number of nitrogens with zero attached hydrogens (tertiary/aromatic N) is 2. The summed E-state index contributed by atoms with van der Waals surface area (Å²) in [5, 5.41) is 14.7. The van der Waals surface area contributed by atoms with Gasteiger partial charge in [0.2, 0.25) is 0 Å². The Balaban J connectivity index is 2.61. The van der Waals surface area contributed by atoms with E-state index in [0.717, 1.165) is 0 Å². The molecule has 0 aliphatic rings. The Morgan fingerprint density at radius 2 is 2.25 bits per heavy atom. The van der Waals surface area contributed by atoms with E-state index in [1.54, 1.807) is 12.1 Å². The van der Waals surface area contributed by atoms with Crippen LogP contribution in [-0.4, -0.2) is 25.8 Å². The fraction of sp³-hybridized carbons (Fsp3) is 0. The Hall–Kier alpha value is -1.89. The number of hydrogen-bond acceptors (Lipinski definition) is 3. The molecule has 16 heavy (non-hydrogen) atoms. The standard InChI is InChI=1S/C9H6BrN3O3/c10-7-2-1-5(3-6(7)8(14)15)13-4-11-12-9(13)16/h1-4H,(H,12,16)(H,14,15). The summed E-state index contributed by atoms with van der Waals surface area (Å²) in [6.07, 6.45) is 1.29. The van der Waals surface area contributed by atoms with Crippen molar-refractivity contribution in [3.8, 4) is 5.69 Å². The molecule has 0 spiro atoms. The Bertz CT molecular complexity index is 602. The molecule has 2 rings (SSSR count). The van der Waals surface area contributed by atoms with Crippen LogP contribution in [0.25, 0.3) is 5.69 Å². The van der Waals surface area contributed by atoms with Crippen molar-refractivity contribution in [3.05, 3.63) is 45.0 Å². The van der Waals surface area contributed by atoms with Crippen LogP contribution < -0.4 is 5.69 Å². The zero-order valence-electron chi connectivity index (χ0n) is 7.85. The van der Waals surface area contributed by atoms with E-state index >= 15 is 0 Å². The minimum atomic E-state index is -1.06. The monoisotopic (exact) mass is 283 g/mol. The normalized spacial score (nSPS) is 10.3. The molecule has 1 aromatic carbocycles. The van der Waals surface area contributed by atoms with Gasteiger partial charge in [0.25, 0.3) is 0 Å². The lowest BCUT2D eigenvalue weighted by molar-refractivity contribution is 0.0696. The lowest BCUT2D eigenvalue weighted by Crippen LogP contribution is -2.14. The molecule has 0 radical (unpaired) electrons. The number of halogens is 1. The molecular weight excluding hydrogens is 278 g/mol. The van der Waals surface area contributed by atoms with Gasteiger partial charge in [0, 0.05) is 4.47 Å². The van der Waals surface area contributed by atoms with Crippen LogP contribution in [0.5, 0.6) is 0 Å². The molecule has 1 aromatic heterocycles. The van der Waals surface area contributed by atoms with Gasteiger partial charge in [-0.15, -0.1) is 0 Å². The number of carbonyl (C=O) groups is 1. The number of nitrogens with one attached hydrogen (secondary N) is 1. The lowest BCUT2D eigenvalue weighted by Gasteiger charge is -2.03. The topological polar surface area (TPSA) is 88.0 Å². The highest BCUT2D eigenvalue weighted by Gasteiger charge is 2.10. The SMILES string of the molecule is O=C(O)c1cc(-n2cn[nH]c2=O)ccc1Br. The third-order valence-electron chi connectivity index (χ3n) is 2.01. The largest absolute Gasteiger partial charge is 0.478 e. The van der Waals surface area contributed by atoms with Crippen LogP contribution in [0.15, 0.2) is 33.8 Å². The number of carboxylic acids is 1. The minimum Gasteiger partial charge on any atom is -0.478 e. The second kappa shape index (κ2) is 3.93. The summed E-state index contributed by atoms with van der Waals surface area (Å²) in [6, 6.07) is 4.58. The number of aromatic carboxylic acids is 1. The van der Waals surface area contributed by atoms with Crippen LogP contribution in [-0.2, 0) is 0 Å². The predicted octanol–water partition coefficient (Wildman–Crippen LogP) is 1.02. The first-order valence-electron chi connectivity index (χ1n) is 4.25. The number of carboxylic acid groups (broad SMARTS) is 1. The van der Waals surface area contributed by atoms with E-state index in [-0.39, 0.29) is 5.56 Å². The van der Waals surface area contributed by atoms with Gasteiger partial charge in [-0.3, -0.25) is 0 Å². The van der Waals surface area contributed by atoms with Crippen molar-refractivity contribution in [1.82, 2.24) is 14.8 Å². The van der Waals surface area contributed by atoms with Gasteiger partial charge >= 0.3 is 11.7 Å². The third-order valence-corrected chi connectivity index (χ3v) is 2.70. The maximum absolute atomic E-state index is 11.3. The maximum Gasteiger partial charge on any atom is 0.347 e. The Kier molecular flexibility index (Phi) is 2.61. The summed E-state index contributed by atoms with van der Waals surface area (Å²) in [6.45, 7) is 0. The second-order valence-corrected chi connectivity index (χ2v) is 3.86. The molecule has 0 amide bonds. The van der Waals surface area contributed by atoms with Gasteiger partial charge in [-0.05, 0) is 34.1 Å². The number of aromatic nitrogens is 3. The molecule has 0 unspecified atom stereocenters. The first-order chi connectivity index (χ1) is 7.59. The summed E-state index contributed by atoms with van der Waals surface area (Å²) in [4.78, 5) is 22.2. The molecule has 0 saturated carbocycles. The smallest absolute Gasteiger partial charge is 0.347 e. The zero-order chi connectivity index (χ0) is 11.7. The van der Waals surface area contributed by atoms with Crippen LogP contribution in [0.1, 0.15) is 10.4 Å². The van der Waals surface area contributed by atoms with Crippen LogP contribution >= 0.6 is 15.9 Å². The number of benzene rings is 1. The molecule has 0 aliphatic heterocycles. The van der Waals surface area contributed by atoms with Crippen LogP contribution in [0, 0.1) is 0 Å². The quantitative estimate of drug-likeness (QED) is 0.861. The maximum atomic E-state index is 11.3. The number of rotatable bonds is 2. The fourth-order valence-corrected chi connectivity index (χ4v) is 1.68. The fourth-order valence-electron chi connectivity index (χ4n) is 1.26. The minimum absolute atomic E-state index is 0.0885.